The minimum atomic E-state index is -0.728. The number of hydroxylamine groups is 1. The zero-order valence-electron chi connectivity index (χ0n) is 17.1. The van der Waals surface area contributed by atoms with Gasteiger partial charge < -0.3 is 9.15 Å². The van der Waals surface area contributed by atoms with Crippen molar-refractivity contribution in [3.63, 3.8) is 0 Å². The summed E-state index contributed by atoms with van der Waals surface area (Å²) in [5, 5.41) is 1.44. The summed E-state index contributed by atoms with van der Waals surface area (Å²) in [6.07, 6.45) is 5.01. The zero-order chi connectivity index (χ0) is 20.5. The molecule has 5 heterocycles. The number of fused-ring (bicyclic) bond motifs is 2. The van der Waals surface area contributed by atoms with Crippen molar-refractivity contribution >= 4 is 23.4 Å². The summed E-state index contributed by atoms with van der Waals surface area (Å²) in [7, 11) is 1.55. The quantitative estimate of drug-likeness (QED) is 0.781. The predicted octanol–water partition coefficient (Wildman–Crippen LogP) is 3.78. The Bertz CT molecular complexity index is 1070. The van der Waals surface area contributed by atoms with Crippen molar-refractivity contribution in [1.82, 2.24) is 0 Å². The first-order valence-electron chi connectivity index (χ1n) is 10.5. The fraction of sp³-hybridized carbons (Fsp3) is 0.417. The largest absolute Gasteiger partial charge is 0.465 e. The summed E-state index contributed by atoms with van der Waals surface area (Å²) >= 11 is 0. The molecule has 5 atom stereocenters. The normalized spacial score (nSPS) is 34.5. The van der Waals surface area contributed by atoms with Gasteiger partial charge in [0.05, 0.1) is 37.8 Å². The standard InChI is InChI=1S/C24H24N2O4/c1-14(10-15-6-5-9-29-15)22-16-11-21-24(12-19(25-22)17(16)13-30-21)18-7-3-4-8-20(18)26(28-2)23(24)27/h3-10,16-17,19,21H,11-13H2,1-2H3/b14-10+/t16?,17?,19?,21-,24+/m1/s1. The van der Waals surface area contributed by atoms with E-state index in [0.29, 0.717) is 24.9 Å². The van der Waals surface area contributed by atoms with Gasteiger partial charge in [0.15, 0.2) is 0 Å². The third kappa shape index (κ3) is 2.26. The molecule has 0 radical (unpaired) electrons. The summed E-state index contributed by atoms with van der Waals surface area (Å²) < 4.78 is 11.9. The Hall–Kier alpha value is -2.70. The lowest BCUT2D eigenvalue weighted by Crippen LogP contribution is -2.51. The van der Waals surface area contributed by atoms with Crippen LogP contribution in [0, 0.1) is 11.8 Å². The van der Waals surface area contributed by atoms with Crippen LogP contribution in [0.3, 0.4) is 0 Å². The Balaban J connectivity index is 1.44. The van der Waals surface area contributed by atoms with Gasteiger partial charge in [-0.2, -0.15) is 5.06 Å². The molecule has 1 aromatic heterocycles. The number of carbonyl (C=O) groups is 1. The van der Waals surface area contributed by atoms with Gasteiger partial charge in [0, 0.05) is 17.5 Å². The van der Waals surface area contributed by atoms with Crippen molar-refractivity contribution < 1.29 is 18.8 Å². The highest BCUT2D eigenvalue weighted by Crippen LogP contribution is 2.57. The maximum atomic E-state index is 13.7. The number of rotatable bonds is 3. The van der Waals surface area contributed by atoms with E-state index in [0.717, 1.165) is 34.7 Å². The molecule has 3 fully saturated rings. The van der Waals surface area contributed by atoms with Crippen molar-refractivity contribution in [2.75, 3.05) is 18.8 Å². The van der Waals surface area contributed by atoms with Gasteiger partial charge in [-0.3, -0.25) is 14.6 Å². The molecule has 154 valence electrons. The third-order valence-corrected chi connectivity index (χ3v) is 7.36. The number of ether oxygens (including phenoxy) is 1. The molecule has 4 bridgehead atoms. The summed E-state index contributed by atoms with van der Waals surface area (Å²) in [5.74, 6) is 1.43. The lowest BCUT2D eigenvalue weighted by Gasteiger charge is -2.38. The second kappa shape index (κ2) is 6.40. The number of allylic oxidation sites excluding steroid dienone is 1. The number of aliphatic imine (C=N–C) groups is 1. The average molecular weight is 404 g/mol. The number of anilines is 1. The van der Waals surface area contributed by atoms with E-state index < -0.39 is 5.41 Å². The highest BCUT2D eigenvalue weighted by Gasteiger charge is 2.64. The minimum Gasteiger partial charge on any atom is -0.465 e. The number of amides is 1. The van der Waals surface area contributed by atoms with Crippen LogP contribution in [0.4, 0.5) is 5.69 Å². The van der Waals surface area contributed by atoms with Crippen LogP contribution in [0.25, 0.3) is 6.08 Å². The van der Waals surface area contributed by atoms with E-state index in [-0.39, 0.29) is 18.1 Å². The number of para-hydroxylation sites is 1. The molecule has 0 N–H and O–H groups in total. The molecule has 2 saturated heterocycles. The van der Waals surface area contributed by atoms with E-state index in [1.54, 1.807) is 13.4 Å². The Labute approximate surface area is 175 Å². The maximum absolute atomic E-state index is 13.7. The van der Waals surface area contributed by atoms with Crippen molar-refractivity contribution in [2.45, 2.75) is 37.3 Å². The second-order valence-corrected chi connectivity index (χ2v) is 8.73. The number of hydrogen-bond donors (Lipinski definition) is 0. The maximum Gasteiger partial charge on any atom is 0.264 e. The molecule has 3 unspecified atom stereocenters. The molecule has 4 aliphatic heterocycles. The monoisotopic (exact) mass is 404 g/mol. The van der Waals surface area contributed by atoms with Gasteiger partial charge in [0.1, 0.15) is 11.2 Å². The van der Waals surface area contributed by atoms with Gasteiger partial charge in [-0.1, -0.05) is 18.2 Å². The first-order chi connectivity index (χ1) is 14.6. The Kier molecular flexibility index (Phi) is 3.86. The Morgan fingerprint density at radius 1 is 1.30 bits per heavy atom. The van der Waals surface area contributed by atoms with Crippen molar-refractivity contribution in [2.24, 2.45) is 16.8 Å². The molecular weight excluding hydrogens is 380 g/mol. The van der Waals surface area contributed by atoms with Crippen LogP contribution in [0.2, 0.25) is 0 Å². The lowest BCUT2D eigenvalue weighted by atomic mass is 9.71. The van der Waals surface area contributed by atoms with E-state index in [9.17, 15) is 4.79 Å². The molecule has 30 heavy (non-hydrogen) atoms. The van der Waals surface area contributed by atoms with Crippen molar-refractivity contribution in [3.05, 3.63) is 59.6 Å². The second-order valence-electron chi connectivity index (χ2n) is 8.73. The van der Waals surface area contributed by atoms with E-state index in [1.165, 1.54) is 5.06 Å². The molecule has 1 saturated carbocycles. The summed E-state index contributed by atoms with van der Waals surface area (Å²) in [4.78, 5) is 24.3. The van der Waals surface area contributed by atoms with Crippen LogP contribution in [0.1, 0.15) is 31.1 Å². The van der Waals surface area contributed by atoms with Gasteiger partial charge in [-0.05, 0) is 55.2 Å². The smallest absolute Gasteiger partial charge is 0.264 e. The van der Waals surface area contributed by atoms with Crippen LogP contribution < -0.4 is 5.06 Å². The van der Waals surface area contributed by atoms with Crippen LogP contribution in [-0.4, -0.2) is 37.5 Å². The highest BCUT2D eigenvalue weighted by molar-refractivity contribution is 6.09. The van der Waals surface area contributed by atoms with Crippen LogP contribution >= 0.6 is 0 Å². The molecular formula is C24H24N2O4. The van der Waals surface area contributed by atoms with Gasteiger partial charge in [0.2, 0.25) is 0 Å². The molecule has 1 amide bonds. The average Bonchev–Trinajstić information content (AvgIpc) is 3.39. The summed E-state index contributed by atoms with van der Waals surface area (Å²) in [5.41, 5.74) is 3.39. The molecule has 7 rings (SSSR count). The van der Waals surface area contributed by atoms with Gasteiger partial charge in [-0.25, -0.2) is 0 Å². The van der Waals surface area contributed by atoms with E-state index >= 15 is 0 Å². The summed E-state index contributed by atoms with van der Waals surface area (Å²) in [6.45, 7) is 2.75. The first-order valence-corrected chi connectivity index (χ1v) is 10.5. The minimum absolute atomic E-state index is 0.0241. The number of furan rings is 1. The first kappa shape index (κ1) is 18.1. The van der Waals surface area contributed by atoms with Crippen LogP contribution in [-0.2, 0) is 19.8 Å². The highest BCUT2D eigenvalue weighted by atomic mass is 16.7. The van der Waals surface area contributed by atoms with E-state index in [4.69, 9.17) is 19.0 Å². The molecule has 6 nitrogen and oxygen atoms in total. The molecule has 6 heteroatoms. The number of benzene rings is 1. The van der Waals surface area contributed by atoms with Crippen molar-refractivity contribution in [3.8, 4) is 0 Å². The lowest BCUT2D eigenvalue weighted by molar-refractivity contribution is -0.137. The fourth-order valence-electron chi connectivity index (χ4n) is 6.06. The topological polar surface area (TPSA) is 64.3 Å². The van der Waals surface area contributed by atoms with Gasteiger partial charge in [0.25, 0.3) is 5.91 Å². The fourth-order valence-corrected chi connectivity index (χ4v) is 6.06. The van der Waals surface area contributed by atoms with Gasteiger partial charge >= 0.3 is 0 Å². The zero-order valence-corrected chi connectivity index (χ0v) is 17.1. The van der Waals surface area contributed by atoms with Crippen LogP contribution in [0.15, 0.2) is 57.6 Å². The molecule has 2 aromatic rings. The molecule has 1 aromatic carbocycles. The van der Waals surface area contributed by atoms with E-state index in [2.05, 4.69) is 19.1 Å². The Morgan fingerprint density at radius 3 is 2.97 bits per heavy atom. The van der Waals surface area contributed by atoms with Crippen LogP contribution in [0.5, 0.6) is 0 Å². The van der Waals surface area contributed by atoms with Gasteiger partial charge in [-0.15, -0.1) is 0 Å². The Morgan fingerprint density at radius 2 is 2.17 bits per heavy atom. The SMILES string of the molecule is CON1C(=O)[C@@]2(CC3N=C(/C(C)=C/c4ccco4)C4C[C@H]2OCC34)c2ccccc21. The molecule has 1 aliphatic carbocycles. The molecule has 5 aliphatic rings. The third-order valence-electron chi connectivity index (χ3n) is 7.36. The van der Waals surface area contributed by atoms with Crippen molar-refractivity contribution in [1.29, 1.82) is 0 Å². The number of hydrogen-bond acceptors (Lipinski definition) is 5. The van der Waals surface area contributed by atoms with E-state index in [1.807, 2.05) is 30.3 Å². The number of nitrogens with zero attached hydrogens (tertiary/aromatic N) is 2. The predicted molar refractivity (Wildman–Crippen MR) is 112 cm³/mol. The molecule has 1 spiro atoms. The summed E-state index contributed by atoms with van der Waals surface area (Å²) in [6, 6.07) is 11.8. The number of carbonyl (C=O) groups excluding carboxylic acids is 1.